The highest BCUT2D eigenvalue weighted by Gasteiger charge is 2.57. The molecule has 2 saturated heterocycles. The molecule has 0 saturated carbocycles. The Balaban J connectivity index is 2.15. The van der Waals surface area contributed by atoms with Crippen molar-refractivity contribution in [3.05, 3.63) is 0 Å². The minimum Gasteiger partial charge on any atom is -0.481 e. The third kappa shape index (κ3) is 1.66. The molecule has 2 fully saturated rings. The summed E-state index contributed by atoms with van der Waals surface area (Å²) >= 11 is 0. The van der Waals surface area contributed by atoms with Crippen molar-refractivity contribution >= 4 is 5.97 Å². The van der Waals surface area contributed by atoms with E-state index in [-0.39, 0.29) is 12.2 Å². The van der Waals surface area contributed by atoms with E-state index in [1.165, 1.54) is 0 Å². The SMILES string of the molecule is CCC(O)CC1(C(=O)O)CC2CCC1O2. The largest absolute Gasteiger partial charge is 0.481 e. The van der Waals surface area contributed by atoms with Gasteiger partial charge in [-0.3, -0.25) is 4.79 Å². The van der Waals surface area contributed by atoms with E-state index in [0.29, 0.717) is 19.3 Å². The molecular formula is C11H18O4. The molecule has 4 atom stereocenters. The van der Waals surface area contributed by atoms with E-state index in [1.54, 1.807) is 0 Å². The van der Waals surface area contributed by atoms with Crippen LogP contribution in [0, 0.1) is 5.41 Å². The summed E-state index contributed by atoms with van der Waals surface area (Å²) in [6.45, 7) is 1.87. The zero-order valence-electron chi connectivity index (χ0n) is 8.98. The molecule has 0 aromatic heterocycles. The molecule has 15 heavy (non-hydrogen) atoms. The highest BCUT2D eigenvalue weighted by atomic mass is 16.5. The van der Waals surface area contributed by atoms with E-state index >= 15 is 0 Å². The Labute approximate surface area is 89.2 Å². The molecule has 2 rings (SSSR count). The fourth-order valence-electron chi connectivity index (χ4n) is 2.89. The zero-order chi connectivity index (χ0) is 11.1. The number of carbonyl (C=O) groups is 1. The number of ether oxygens (including phenoxy) is 1. The fraction of sp³-hybridized carbons (Fsp3) is 0.909. The summed E-state index contributed by atoms with van der Waals surface area (Å²) in [5.41, 5.74) is -0.821. The van der Waals surface area contributed by atoms with E-state index in [9.17, 15) is 15.0 Å². The first kappa shape index (κ1) is 10.9. The third-order valence-electron chi connectivity index (χ3n) is 3.81. The molecule has 4 heteroatoms. The van der Waals surface area contributed by atoms with Crippen molar-refractivity contribution in [1.29, 1.82) is 0 Å². The van der Waals surface area contributed by atoms with Crippen LogP contribution in [-0.2, 0) is 9.53 Å². The van der Waals surface area contributed by atoms with Gasteiger partial charge in [0.25, 0.3) is 0 Å². The molecule has 2 aliphatic heterocycles. The quantitative estimate of drug-likeness (QED) is 0.737. The second-order valence-electron chi connectivity index (χ2n) is 4.76. The molecule has 0 aliphatic carbocycles. The minimum absolute atomic E-state index is 0.107. The lowest BCUT2D eigenvalue weighted by atomic mass is 9.70. The van der Waals surface area contributed by atoms with Crippen LogP contribution in [0.3, 0.4) is 0 Å². The lowest BCUT2D eigenvalue weighted by molar-refractivity contribution is -0.155. The Kier molecular flexibility index (Phi) is 2.73. The van der Waals surface area contributed by atoms with Gasteiger partial charge in [-0.25, -0.2) is 0 Å². The van der Waals surface area contributed by atoms with Gasteiger partial charge in [0.1, 0.15) is 0 Å². The molecule has 0 spiro atoms. The highest BCUT2D eigenvalue weighted by Crippen LogP contribution is 2.50. The van der Waals surface area contributed by atoms with Crippen LogP contribution >= 0.6 is 0 Å². The summed E-state index contributed by atoms with van der Waals surface area (Å²) in [6, 6.07) is 0. The van der Waals surface area contributed by atoms with Crippen LogP contribution in [0.4, 0.5) is 0 Å². The molecule has 2 N–H and O–H groups in total. The second-order valence-corrected chi connectivity index (χ2v) is 4.76. The van der Waals surface area contributed by atoms with E-state index in [0.717, 1.165) is 12.8 Å². The smallest absolute Gasteiger partial charge is 0.312 e. The van der Waals surface area contributed by atoms with Gasteiger partial charge in [-0.05, 0) is 32.1 Å². The molecule has 0 radical (unpaired) electrons. The van der Waals surface area contributed by atoms with Gasteiger partial charge in [0, 0.05) is 0 Å². The molecule has 0 amide bonds. The summed E-state index contributed by atoms with van der Waals surface area (Å²) in [6.07, 6.45) is 2.71. The number of hydrogen-bond donors (Lipinski definition) is 2. The summed E-state index contributed by atoms with van der Waals surface area (Å²) in [7, 11) is 0. The molecule has 0 aromatic carbocycles. The molecule has 0 aromatic rings. The van der Waals surface area contributed by atoms with Crippen LogP contribution < -0.4 is 0 Å². The number of aliphatic hydroxyl groups excluding tert-OH is 1. The van der Waals surface area contributed by atoms with Crippen LogP contribution in [0.1, 0.15) is 39.0 Å². The van der Waals surface area contributed by atoms with Crippen LogP contribution in [0.25, 0.3) is 0 Å². The number of hydrogen-bond acceptors (Lipinski definition) is 3. The summed E-state index contributed by atoms with van der Waals surface area (Å²) in [5.74, 6) is -0.804. The van der Waals surface area contributed by atoms with E-state index < -0.39 is 17.5 Å². The topological polar surface area (TPSA) is 66.8 Å². The van der Waals surface area contributed by atoms with Crippen molar-refractivity contribution in [2.75, 3.05) is 0 Å². The first-order valence-electron chi connectivity index (χ1n) is 5.65. The average molecular weight is 214 g/mol. The van der Waals surface area contributed by atoms with Gasteiger partial charge in [0.05, 0.1) is 23.7 Å². The third-order valence-corrected chi connectivity index (χ3v) is 3.81. The second kappa shape index (κ2) is 3.76. The van der Waals surface area contributed by atoms with Crippen LogP contribution in [0.5, 0.6) is 0 Å². The molecule has 86 valence electrons. The molecule has 4 unspecified atom stereocenters. The normalized spacial score (nSPS) is 40.7. The predicted molar refractivity (Wildman–Crippen MR) is 53.5 cm³/mol. The summed E-state index contributed by atoms with van der Waals surface area (Å²) in [5, 5.41) is 19.0. The number of aliphatic carboxylic acids is 1. The van der Waals surface area contributed by atoms with Gasteiger partial charge in [-0.1, -0.05) is 6.92 Å². The van der Waals surface area contributed by atoms with Crippen LogP contribution in [0.2, 0.25) is 0 Å². The maximum absolute atomic E-state index is 11.4. The number of aliphatic hydroxyl groups is 1. The van der Waals surface area contributed by atoms with Crippen molar-refractivity contribution in [2.45, 2.75) is 57.3 Å². The monoisotopic (exact) mass is 214 g/mol. The number of carboxylic acids is 1. The Morgan fingerprint density at radius 3 is 2.73 bits per heavy atom. The average Bonchev–Trinajstić information content (AvgIpc) is 2.77. The Bertz CT molecular complexity index is 265. The molecule has 2 bridgehead atoms. The maximum atomic E-state index is 11.4. The van der Waals surface area contributed by atoms with Crippen LogP contribution in [0.15, 0.2) is 0 Å². The molecule has 2 aliphatic rings. The van der Waals surface area contributed by atoms with Crippen molar-refractivity contribution < 1.29 is 19.7 Å². The summed E-state index contributed by atoms with van der Waals surface area (Å²) in [4.78, 5) is 11.4. The lowest BCUT2D eigenvalue weighted by Crippen LogP contribution is -2.42. The maximum Gasteiger partial charge on any atom is 0.312 e. The van der Waals surface area contributed by atoms with Crippen LogP contribution in [-0.4, -0.2) is 34.5 Å². The van der Waals surface area contributed by atoms with Crippen molar-refractivity contribution in [1.82, 2.24) is 0 Å². The van der Waals surface area contributed by atoms with Crippen molar-refractivity contribution in [3.63, 3.8) is 0 Å². The van der Waals surface area contributed by atoms with Crippen molar-refractivity contribution in [2.24, 2.45) is 5.41 Å². The first-order valence-corrected chi connectivity index (χ1v) is 5.65. The zero-order valence-corrected chi connectivity index (χ0v) is 8.98. The van der Waals surface area contributed by atoms with E-state index in [1.807, 2.05) is 6.92 Å². The first-order chi connectivity index (χ1) is 7.08. The number of carboxylic acid groups (broad SMARTS) is 1. The highest BCUT2D eigenvalue weighted by molar-refractivity contribution is 5.76. The molecule has 4 nitrogen and oxygen atoms in total. The van der Waals surface area contributed by atoms with Gasteiger partial charge in [0.15, 0.2) is 0 Å². The lowest BCUT2D eigenvalue weighted by Gasteiger charge is -2.32. The van der Waals surface area contributed by atoms with Gasteiger partial charge in [0.2, 0.25) is 0 Å². The van der Waals surface area contributed by atoms with Gasteiger partial charge < -0.3 is 14.9 Å². The van der Waals surface area contributed by atoms with Gasteiger partial charge >= 0.3 is 5.97 Å². The van der Waals surface area contributed by atoms with Gasteiger partial charge in [-0.15, -0.1) is 0 Å². The number of fused-ring (bicyclic) bond motifs is 2. The van der Waals surface area contributed by atoms with E-state index in [2.05, 4.69) is 0 Å². The fourth-order valence-corrected chi connectivity index (χ4v) is 2.89. The number of rotatable bonds is 4. The van der Waals surface area contributed by atoms with Gasteiger partial charge in [-0.2, -0.15) is 0 Å². The summed E-state index contributed by atoms with van der Waals surface area (Å²) < 4.78 is 5.60. The minimum atomic E-state index is -0.821. The van der Waals surface area contributed by atoms with E-state index in [4.69, 9.17) is 4.74 Å². The standard InChI is InChI=1S/C11H18O4/c1-2-7(12)5-11(10(13)14)6-8-3-4-9(11)15-8/h7-9,12H,2-6H2,1H3,(H,13,14). The Morgan fingerprint density at radius 2 is 2.33 bits per heavy atom. The Morgan fingerprint density at radius 1 is 1.60 bits per heavy atom. The molecular weight excluding hydrogens is 196 g/mol. The molecule has 2 heterocycles. The Hall–Kier alpha value is -0.610. The predicted octanol–water partition coefficient (Wildman–Crippen LogP) is 1.17. The van der Waals surface area contributed by atoms with Crippen molar-refractivity contribution in [3.8, 4) is 0 Å².